The van der Waals surface area contributed by atoms with Crippen LogP contribution >= 0.6 is 0 Å². The van der Waals surface area contributed by atoms with E-state index in [0.29, 0.717) is 0 Å². The Kier molecular flexibility index (Phi) is 1.16. The maximum atomic E-state index is 11.3. The van der Waals surface area contributed by atoms with Crippen LogP contribution in [0.1, 0.15) is 12.8 Å². The number of ether oxygens (including phenoxy) is 1. The van der Waals surface area contributed by atoms with E-state index in [1.807, 2.05) is 0 Å². The Morgan fingerprint density at radius 2 is 2.23 bits per heavy atom. The molecule has 4 heteroatoms. The quantitative estimate of drug-likeness (QED) is 0.591. The van der Waals surface area contributed by atoms with Crippen molar-refractivity contribution in [3.63, 3.8) is 0 Å². The lowest BCUT2D eigenvalue weighted by Crippen LogP contribution is -2.31. The molecule has 13 heavy (non-hydrogen) atoms. The average molecular weight is 182 g/mol. The molecule has 0 spiro atoms. The van der Waals surface area contributed by atoms with E-state index in [2.05, 4.69) is 0 Å². The highest BCUT2D eigenvalue weighted by atomic mass is 16.6. The lowest BCUT2D eigenvalue weighted by atomic mass is 9.80. The first-order valence-corrected chi connectivity index (χ1v) is 4.62. The van der Waals surface area contributed by atoms with Gasteiger partial charge < -0.3 is 9.84 Å². The molecule has 0 aromatic heterocycles. The average Bonchev–Trinajstić information content (AvgIpc) is 2.60. The SMILES string of the molecule is O=C(O)[C@@H]1[C@H]2C[C@H]3[C@@H]1C(=O)O[C@@H]3C2. The van der Waals surface area contributed by atoms with Gasteiger partial charge in [0.1, 0.15) is 6.10 Å². The third kappa shape index (κ3) is 0.716. The lowest BCUT2D eigenvalue weighted by Gasteiger charge is -2.19. The third-order valence-corrected chi connectivity index (χ3v) is 3.77. The van der Waals surface area contributed by atoms with Crippen molar-refractivity contribution < 1.29 is 19.4 Å². The number of carbonyl (C=O) groups excluding carboxylic acids is 1. The van der Waals surface area contributed by atoms with Crippen LogP contribution in [0, 0.1) is 23.7 Å². The minimum atomic E-state index is -0.824. The smallest absolute Gasteiger partial charge is 0.310 e. The number of hydrogen-bond donors (Lipinski definition) is 1. The molecule has 1 N–H and O–H groups in total. The minimum absolute atomic E-state index is 0.0399. The van der Waals surface area contributed by atoms with Crippen LogP contribution in [-0.4, -0.2) is 23.1 Å². The van der Waals surface area contributed by atoms with E-state index >= 15 is 0 Å². The molecule has 1 saturated heterocycles. The van der Waals surface area contributed by atoms with Crippen LogP contribution in [0.4, 0.5) is 0 Å². The fourth-order valence-electron chi connectivity index (χ4n) is 3.34. The van der Waals surface area contributed by atoms with E-state index in [1.54, 1.807) is 0 Å². The Labute approximate surface area is 74.9 Å². The molecule has 70 valence electrons. The number of aliphatic carboxylic acids is 1. The summed E-state index contributed by atoms with van der Waals surface area (Å²) >= 11 is 0. The Bertz CT molecular complexity index is 296. The van der Waals surface area contributed by atoms with Gasteiger partial charge in [0.15, 0.2) is 0 Å². The standard InChI is InChI=1S/C9H10O4/c10-8(11)6-3-1-4-5(2-3)13-9(12)7(4)6/h3-7H,1-2H2,(H,10,11)/t3-,4+,5+,6+,7-/m0/s1. The number of carboxylic acid groups (broad SMARTS) is 1. The summed E-state index contributed by atoms with van der Waals surface area (Å²) in [5, 5.41) is 8.97. The number of carboxylic acids is 1. The third-order valence-electron chi connectivity index (χ3n) is 3.77. The van der Waals surface area contributed by atoms with Crippen molar-refractivity contribution in [1.29, 1.82) is 0 Å². The lowest BCUT2D eigenvalue weighted by molar-refractivity contribution is -0.151. The number of esters is 1. The van der Waals surface area contributed by atoms with Gasteiger partial charge in [0.05, 0.1) is 11.8 Å². The van der Waals surface area contributed by atoms with Crippen LogP contribution in [0.25, 0.3) is 0 Å². The first-order chi connectivity index (χ1) is 6.18. The minimum Gasteiger partial charge on any atom is -0.481 e. The van der Waals surface area contributed by atoms with Crippen molar-refractivity contribution in [2.45, 2.75) is 18.9 Å². The first-order valence-electron chi connectivity index (χ1n) is 4.62. The zero-order chi connectivity index (χ0) is 9.16. The fraction of sp³-hybridized carbons (Fsp3) is 0.778. The molecule has 5 atom stereocenters. The topological polar surface area (TPSA) is 63.6 Å². The maximum Gasteiger partial charge on any atom is 0.310 e. The molecule has 0 amide bonds. The van der Waals surface area contributed by atoms with Gasteiger partial charge >= 0.3 is 11.9 Å². The summed E-state index contributed by atoms with van der Waals surface area (Å²) < 4.78 is 5.12. The summed E-state index contributed by atoms with van der Waals surface area (Å²) in [5.41, 5.74) is 0. The number of hydrogen-bond acceptors (Lipinski definition) is 3. The normalized spacial score (nSPS) is 51.1. The molecule has 1 heterocycles. The summed E-state index contributed by atoms with van der Waals surface area (Å²) in [6.45, 7) is 0. The van der Waals surface area contributed by atoms with Gasteiger partial charge in [-0.05, 0) is 18.8 Å². The van der Waals surface area contributed by atoms with E-state index in [9.17, 15) is 9.59 Å². The molecular formula is C9H10O4. The summed E-state index contributed by atoms with van der Waals surface area (Å²) in [6.07, 6.45) is 1.68. The molecule has 1 aliphatic heterocycles. The van der Waals surface area contributed by atoms with Crippen molar-refractivity contribution in [3.05, 3.63) is 0 Å². The van der Waals surface area contributed by atoms with Gasteiger partial charge in [-0.1, -0.05) is 0 Å². The monoisotopic (exact) mass is 182 g/mol. The van der Waals surface area contributed by atoms with Gasteiger partial charge in [-0.25, -0.2) is 0 Å². The predicted molar refractivity (Wildman–Crippen MR) is 40.7 cm³/mol. The van der Waals surface area contributed by atoms with Crippen molar-refractivity contribution in [2.24, 2.45) is 23.7 Å². The second-order valence-corrected chi connectivity index (χ2v) is 4.26. The van der Waals surface area contributed by atoms with Crippen LogP contribution in [0.2, 0.25) is 0 Å². The van der Waals surface area contributed by atoms with Gasteiger partial charge in [-0.2, -0.15) is 0 Å². The van der Waals surface area contributed by atoms with Crippen LogP contribution in [-0.2, 0) is 14.3 Å². The van der Waals surface area contributed by atoms with Gasteiger partial charge in [-0.3, -0.25) is 9.59 Å². The van der Waals surface area contributed by atoms with Crippen molar-refractivity contribution in [1.82, 2.24) is 0 Å². The molecule has 2 saturated carbocycles. The van der Waals surface area contributed by atoms with Crippen LogP contribution in [0.3, 0.4) is 0 Å². The number of fused-ring (bicyclic) bond motifs is 1. The van der Waals surface area contributed by atoms with Crippen LogP contribution < -0.4 is 0 Å². The maximum absolute atomic E-state index is 11.3. The Morgan fingerprint density at radius 1 is 1.46 bits per heavy atom. The van der Waals surface area contributed by atoms with Crippen molar-refractivity contribution in [2.75, 3.05) is 0 Å². The van der Waals surface area contributed by atoms with Crippen molar-refractivity contribution >= 4 is 11.9 Å². The van der Waals surface area contributed by atoms with E-state index in [-0.39, 0.29) is 29.8 Å². The second kappa shape index (κ2) is 2.05. The summed E-state index contributed by atoms with van der Waals surface area (Å²) in [6, 6.07) is 0. The van der Waals surface area contributed by atoms with Gasteiger partial charge in [0.25, 0.3) is 0 Å². The van der Waals surface area contributed by atoms with E-state index in [4.69, 9.17) is 9.84 Å². The first kappa shape index (κ1) is 7.35. The van der Waals surface area contributed by atoms with E-state index in [1.165, 1.54) is 0 Å². The molecule has 4 nitrogen and oxygen atoms in total. The zero-order valence-corrected chi connectivity index (χ0v) is 6.97. The molecule has 2 aliphatic carbocycles. The Hall–Kier alpha value is -1.06. The van der Waals surface area contributed by atoms with Crippen molar-refractivity contribution in [3.8, 4) is 0 Å². The zero-order valence-electron chi connectivity index (χ0n) is 6.97. The predicted octanol–water partition coefficient (Wildman–Crippen LogP) is 0.269. The second-order valence-electron chi connectivity index (χ2n) is 4.26. The van der Waals surface area contributed by atoms with E-state index in [0.717, 1.165) is 12.8 Å². The van der Waals surface area contributed by atoms with Gasteiger partial charge in [0.2, 0.25) is 0 Å². The highest BCUT2D eigenvalue weighted by molar-refractivity contribution is 5.84. The van der Waals surface area contributed by atoms with E-state index < -0.39 is 11.9 Å². The molecule has 0 aromatic carbocycles. The molecule has 3 aliphatic rings. The van der Waals surface area contributed by atoms with Crippen LogP contribution in [0.5, 0.6) is 0 Å². The summed E-state index contributed by atoms with van der Waals surface area (Å²) in [4.78, 5) is 22.2. The highest BCUT2D eigenvalue weighted by Crippen LogP contribution is 2.57. The number of carbonyl (C=O) groups is 2. The van der Waals surface area contributed by atoms with Gasteiger partial charge in [-0.15, -0.1) is 0 Å². The molecule has 2 bridgehead atoms. The molecule has 3 rings (SSSR count). The Balaban J connectivity index is 2.01. The molecule has 0 radical (unpaired) electrons. The Morgan fingerprint density at radius 3 is 2.92 bits per heavy atom. The molecular weight excluding hydrogens is 172 g/mol. The molecule has 0 aromatic rings. The largest absolute Gasteiger partial charge is 0.481 e. The summed E-state index contributed by atoms with van der Waals surface area (Å²) in [7, 11) is 0. The summed E-state index contributed by atoms with van der Waals surface area (Å²) in [5.74, 6) is -1.50. The molecule has 3 fully saturated rings. The number of rotatable bonds is 1. The van der Waals surface area contributed by atoms with Gasteiger partial charge in [0, 0.05) is 5.92 Å². The fourth-order valence-corrected chi connectivity index (χ4v) is 3.34. The van der Waals surface area contributed by atoms with Crippen LogP contribution in [0.15, 0.2) is 0 Å². The molecule has 0 unspecified atom stereocenters. The highest BCUT2D eigenvalue weighted by Gasteiger charge is 2.64.